The van der Waals surface area contributed by atoms with E-state index in [1.165, 1.54) is 11.3 Å². The Morgan fingerprint density at radius 3 is 2.57 bits per heavy atom. The summed E-state index contributed by atoms with van der Waals surface area (Å²) in [5, 5.41) is 14.7. The fourth-order valence-corrected chi connectivity index (χ4v) is 2.70. The highest BCUT2D eigenvalue weighted by molar-refractivity contribution is 7.10. The fourth-order valence-electron chi connectivity index (χ4n) is 1.96. The van der Waals surface area contributed by atoms with Crippen LogP contribution in [0.25, 0.3) is 0 Å². The van der Waals surface area contributed by atoms with Crippen molar-refractivity contribution in [2.75, 3.05) is 25.5 Å². The Bertz CT molecular complexity index is 564. The molecule has 0 saturated carbocycles. The van der Waals surface area contributed by atoms with Crippen molar-refractivity contribution in [3.8, 4) is 0 Å². The average Bonchev–Trinajstić information content (AvgIpc) is 3.01. The summed E-state index contributed by atoms with van der Waals surface area (Å²) in [7, 11) is 3.92. The largest absolute Gasteiger partial charge is 0.388 e. The second-order valence-corrected chi connectivity index (χ2v) is 6.00. The van der Waals surface area contributed by atoms with Crippen LogP contribution in [-0.4, -0.2) is 31.7 Å². The molecule has 0 fully saturated rings. The average molecular weight is 304 g/mol. The van der Waals surface area contributed by atoms with Gasteiger partial charge in [0, 0.05) is 36.8 Å². The molecule has 5 heteroatoms. The zero-order chi connectivity index (χ0) is 15.2. The number of nitrogens with zero attached hydrogens (tertiary/aromatic N) is 1. The van der Waals surface area contributed by atoms with E-state index < -0.39 is 6.10 Å². The molecule has 1 unspecified atom stereocenters. The highest BCUT2D eigenvalue weighted by Crippen LogP contribution is 2.21. The molecule has 0 saturated heterocycles. The van der Waals surface area contributed by atoms with Gasteiger partial charge in [-0.25, -0.2) is 0 Å². The molecule has 1 atom stereocenters. The third-order valence-electron chi connectivity index (χ3n) is 3.22. The predicted molar refractivity (Wildman–Crippen MR) is 87.0 cm³/mol. The van der Waals surface area contributed by atoms with Crippen molar-refractivity contribution in [3.63, 3.8) is 0 Å². The molecule has 2 rings (SSSR count). The highest BCUT2D eigenvalue weighted by atomic mass is 32.1. The summed E-state index contributed by atoms with van der Waals surface area (Å²) < 4.78 is 0. The molecule has 0 aliphatic rings. The number of hydrogen-bond donors (Lipinski definition) is 2. The maximum atomic E-state index is 12.0. The minimum Gasteiger partial charge on any atom is -0.388 e. The van der Waals surface area contributed by atoms with Crippen LogP contribution in [0.3, 0.4) is 0 Å². The second-order valence-electron chi connectivity index (χ2n) is 5.02. The second kappa shape index (κ2) is 7.24. The number of rotatable bonds is 6. The summed E-state index contributed by atoms with van der Waals surface area (Å²) >= 11 is 1.52. The van der Waals surface area contributed by atoms with E-state index in [0.717, 1.165) is 10.6 Å². The number of thiophene rings is 1. The van der Waals surface area contributed by atoms with Crippen LogP contribution >= 0.6 is 11.3 Å². The van der Waals surface area contributed by atoms with Crippen LogP contribution in [0.4, 0.5) is 5.69 Å². The molecule has 0 bridgehead atoms. The van der Waals surface area contributed by atoms with E-state index in [2.05, 4.69) is 5.32 Å². The molecule has 0 aliphatic carbocycles. The van der Waals surface area contributed by atoms with Gasteiger partial charge in [0.1, 0.15) is 0 Å². The smallest absolute Gasteiger partial charge is 0.251 e. The van der Waals surface area contributed by atoms with Crippen LogP contribution in [0.2, 0.25) is 0 Å². The van der Waals surface area contributed by atoms with E-state index in [9.17, 15) is 9.90 Å². The number of benzene rings is 1. The summed E-state index contributed by atoms with van der Waals surface area (Å²) in [6, 6.07) is 11.2. The minimum atomic E-state index is -0.513. The van der Waals surface area contributed by atoms with Crippen molar-refractivity contribution in [2.24, 2.45) is 0 Å². The molecule has 2 aromatic rings. The lowest BCUT2D eigenvalue weighted by Gasteiger charge is -2.13. The van der Waals surface area contributed by atoms with Gasteiger partial charge in [0.25, 0.3) is 5.91 Å². The van der Waals surface area contributed by atoms with Crippen LogP contribution < -0.4 is 10.2 Å². The first kappa shape index (κ1) is 15.5. The zero-order valence-corrected chi connectivity index (χ0v) is 13.1. The lowest BCUT2D eigenvalue weighted by Crippen LogP contribution is -2.25. The molecule has 21 heavy (non-hydrogen) atoms. The first-order valence-electron chi connectivity index (χ1n) is 6.85. The minimum absolute atomic E-state index is 0.112. The molecule has 1 heterocycles. The molecule has 4 nitrogen and oxygen atoms in total. The van der Waals surface area contributed by atoms with E-state index in [1.807, 2.05) is 48.6 Å². The summed E-state index contributed by atoms with van der Waals surface area (Å²) in [5.41, 5.74) is 1.69. The van der Waals surface area contributed by atoms with Crippen molar-refractivity contribution in [1.82, 2.24) is 5.32 Å². The third-order valence-corrected chi connectivity index (χ3v) is 4.19. The number of aliphatic hydroxyl groups is 1. The van der Waals surface area contributed by atoms with Gasteiger partial charge >= 0.3 is 0 Å². The van der Waals surface area contributed by atoms with Crippen molar-refractivity contribution in [1.29, 1.82) is 0 Å². The molecule has 1 amide bonds. The van der Waals surface area contributed by atoms with Crippen molar-refractivity contribution < 1.29 is 9.90 Å². The molecule has 0 spiro atoms. The van der Waals surface area contributed by atoms with Gasteiger partial charge < -0.3 is 15.3 Å². The monoisotopic (exact) mass is 304 g/mol. The first-order chi connectivity index (χ1) is 10.1. The summed E-state index contributed by atoms with van der Waals surface area (Å²) in [6.45, 7) is 0.452. The van der Waals surface area contributed by atoms with E-state index >= 15 is 0 Å². The molecule has 0 radical (unpaired) electrons. The van der Waals surface area contributed by atoms with Crippen molar-refractivity contribution in [3.05, 3.63) is 52.2 Å². The third kappa shape index (κ3) is 4.31. The van der Waals surface area contributed by atoms with Gasteiger partial charge in [-0.05, 0) is 42.1 Å². The maximum Gasteiger partial charge on any atom is 0.251 e. The first-order valence-corrected chi connectivity index (χ1v) is 7.73. The highest BCUT2D eigenvalue weighted by Gasteiger charge is 2.10. The number of carbonyl (C=O) groups excluding carboxylic acids is 1. The molecule has 112 valence electrons. The number of amides is 1. The molecule has 0 aliphatic heterocycles. The van der Waals surface area contributed by atoms with Gasteiger partial charge in [0.15, 0.2) is 0 Å². The van der Waals surface area contributed by atoms with Gasteiger partial charge in [-0.2, -0.15) is 0 Å². The van der Waals surface area contributed by atoms with Crippen LogP contribution in [0.5, 0.6) is 0 Å². The summed E-state index contributed by atoms with van der Waals surface area (Å²) in [4.78, 5) is 14.9. The number of nitrogens with one attached hydrogen (secondary N) is 1. The van der Waals surface area contributed by atoms with Crippen LogP contribution in [0.1, 0.15) is 27.8 Å². The van der Waals surface area contributed by atoms with Crippen molar-refractivity contribution in [2.45, 2.75) is 12.5 Å². The predicted octanol–water partition coefficient (Wildman–Crippen LogP) is 2.67. The summed E-state index contributed by atoms with van der Waals surface area (Å²) in [5.74, 6) is -0.112. The lowest BCUT2D eigenvalue weighted by molar-refractivity contribution is 0.0943. The van der Waals surface area contributed by atoms with Crippen LogP contribution in [0, 0.1) is 0 Å². The Labute approximate surface area is 129 Å². The topological polar surface area (TPSA) is 52.6 Å². The number of hydrogen-bond acceptors (Lipinski definition) is 4. The molecular weight excluding hydrogens is 284 g/mol. The van der Waals surface area contributed by atoms with E-state index in [4.69, 9.17) is 0 Å². The molecule has 1 aromatic heterocycles. The lowest BCUT2D eigenvalue weighted by atomic mass is 10.1. The van der Waals surface area contributed by atoms with Gasteiger partial charge in [-0.3, -0.25) is 4.79 Å². The van der Waals surface area contributed by atoms with Gasteiger partial charge in [-0.1, -0.05) is 6.07 Å². The van der Waals surface area contributed by atoms with E-state index in [1.54, 1.807) is 12.1 Å². The quantitative estimate of drug-likeness (QED) is 0.862. The van der Waals surface area contributed by atoms with Crippen LogP contribution in [-0.2, 0) is 0 Å². The van der Waals surface area contributed by atoms with Gasteiger partial charge in [0.05, 0.1) is 6.10 Å². The SMILES string of the molecule is CN(C)c1ccc(C(=O)NCCC(O)c2cccs2)cc1. The van der Waals surface area contributed by atoms with E-state index in [-0.39, 0.29) is 5.91 Å². The van der Waals surface area contributed by atoms with Gasteiger partial charge in [0.2, 0.25) is 0 Å². The normalized spacial score (nSPS) is 12.0. The van der Waals surface area contributed by atoms with Crippen molar-refractivity contribution >= 4 is 22.9 Å². The zero-order valence-electron chi connectivity index (χ0n) is 12.2. The number of aliphatic hydroxyl groups excluding tert-OH is 1. The standard InChI is InChI=1S/C16H20N2O2S/c1-18(2)13-7-5-12(6-8-13)16(20)17-10-9-14(19)15-4-3-11-21-15/h3-8,11,14,19H,9-10H2,1-2H3,(H,17,20). The Kier molecular flexibility index (Phi) is 5.36. The number of anilines is 1. The Morgan fingerprint density at radius 1 is 1.29 bits per heavy atom. The molecular formula is C16H20N2O2S. The number of carbonyl (C=O) groups is 1. The van der Waals surface area contributed by atoms with Crippen LogP contribution in [0.15, 0.2) is 41.8 Å². The Hall–Kier alpha value is -1.85. The van der Waals surface area contributed by atoms with E-state index in [0.29, 0.717) is 18.5 Å². The summed E-state index contributed by atoms with van der Waals surface area (Å²) in [6.07, 6.45) is 0.00333. The Balaban J connectivity index is 1.81. The fraction of sp³-hybridized carbons (Fsp3) is 0.312. The maximum absolute atomic E-state index is 12.0. The van der Waals surface area contributed by atoms with Gasteiger partial charge in [-0.15, -0.1) is 11.3 Å². The Morgan fingerprint density at radius 2 is 2.00 bits per heavy atom. The molecule has 1 aromatic carbocycles. The molecule has 2 N–H and O–H groups in total.